The Morgan fingerprint density at radius 2 is 1.75 bits per heavy atom. The smallest absolute Gasteiger partial charge is 0.227 e. The van der Waals surface area contributed by atoms with E-state index in [1.165, 1.54) is 30.7 Å². The van der Waals surface area contributed by atoms with Gasteiger partial charge in [0, 0.05) is 29.1 Å². The highest BCUT2D eigenvalue weighted by Crippen LogP contribution is 2.34. The fraction of sp³-hybridized carbons (Fsp3) is 0.130. The van der Waals surface area contributed by atoms with Gasteiger partial charge in [0.15, 0.2) is 15.7 Å². The minimum atomic E-state index is -3.12. The quantitative estimate of drug-likeness (QED) is 0.422. The SMILES string of the molecule is Cc1ccc(F)cc1-c1cc2nc(Nc3ccc(CS(C)(=O)=O)cc3)ncc2c(N)c1F. The zero-order valence-corrected chi connectivity index (χ0v) is 18.2. The Morgan fingerprint density at radius 3 is 2.44 bits per heavy atom. The summed E-state index contributed by atoms with van der Waals surface area (Å²) in [6.07, 6.45) is 2.60. The number of anilines is 3. The number of sulfone groups is 1. The zero-order valence-electron chi connectivity index (χ0n) is 17.4. The summed E-state index contributed by atoms with van der Waals surface area (Å²) < 4.78 is 51.6. The highest BCUT2D eigenvalue weighted by Gasteiger charge is 2.16. The molecule has 9 heteroatoms. The van der Waals surface area contributed by atoms with Crippen LogP contribution in [-0.4, -0.2) is 24.6 Å². The van der Waals surface area contributed by atoms with Crippen LogP contribution in [0.4, 0.5) is 26.1 Å². The average Bonchev–Trinajstić information content (AvgIpc) is 2.73. The molecule has 1 heterocycles. The van der Waals surface area contributed by atoms with Gasteiger partial charge in [-0.3, -0.25) is 0 Å². The van der Waals surface area contributed by atoms with E-state index >= 15 is 0 Å². The number of nitrogens with one attached hydrogen (secondary N) is 1. The molecule has 1 aromatic heterocycles. The molecule has 4 rings (SSSR count). The molecule has 164 valence electrons. The van der Waals surface area contributed by atoms with Crippen LogP contribution in [0.1, 0.15) is 11.1 Å². The first-order chi connectivity index (χ1) is 15.1. The highest BCUT2D eigenvalue weighted by molar-refractivity contribution is 7.89. The van der Waals surface area contributed by atoms with E-state index in [2.05, 4.69) is 15.3 Å². The fourth-order valence-electron chi connectivity index (χ4n) is 3.43. The van der Waals surface area contributed by atoms with Crippen molar-refractivity contribution in [2.24, 2.45) is 0 Å². The molecule has 0 atom stereocenters. The molecular weight excluding hydrogens is 434 g/mol. The standard InChI is InChI=1S/C23H20F2N4O2S/c1-13-3-6-15(24)9-17(13)18-10-20-19(22(26)21(18)25)11-27-23(29-20)28-16-7-4-14(5-8-16)12-32(2,30)31/h3-11H,12,26H2,1-2H3,(H,27,28,29). The molecule has 0 fully saturated rings. The molecule has 0 amide bonds. The van der Waals surface area contributed by atoms with Crippen molar-refractivity contribution in [2.75, 3.05) is 17.3 Å². The lowest BCUT2D eigenvalue weighted by molar-refractivity contribution is 0.601. The number of nitrogens with two attached hydrogens (primary N) is 1. The van der Waals surface area contributed by atoms with E-state index in [9.17, 15) is 17.2 Å². The van der Waals surface area contributed by atoms with Crippen molar-refractivity contribution in [2.45, 2.75) is 12.7 Å². The second-order valence-electron chi connectivity index (χ2n) is 7.63. The van der Waals surface area contributed by atoms with Crippen molar-refractivity contribution in [3.63, 3.8) is 0 Å². The lowest BCUT2D eigenvalue weighted by Crippen LogP contribution is -2.02. The second kappa shape index (κ2) is 8.16. The summed E-state index contributed by atoms with van der Waals surface area (Å²) in [5.74, 6) is -0.932. The Hall–Kier alpha value is -3.59. The molecule has 0 aliphatic carbocycles. The minimum absolute atomic E-state index is 0.0487. The largest absolute Gasteiger partial charge is 0.396 e. The second-order valence-corrected chi connectivity index (χ2v) is 9.77. The maximum Gasteiger partial charge on any atom is 0.227 e. The monoisotopic (exact) mass is 454 g/mol. The third kappa shape index (κ3) is 4.52. The third-order valence-corrected chi connectivity index (χ3v) is 5.85. The molecule has 6 nitrogen and oxygen atoms in total. The number of aryl methyl sites for hydroxylation is 1. The molecule has 0 radical (unpaired) electrons. The lowest BCUT2D eigenvalue weighted by Gasteiger charge is -2.13. The Bertz CT molecular complexity index is 1440. The van der Waals surface area contributed by atoms with Crippen molar-refractivity contribution in [3.8, 4) is 11.1 Å². The summed E-state index contributed by atoms with van der Waals surface area (Å²) >= 11 is 0. The van der Waals surface area contributed by atoms with Crippen LogP contribution >= 0.6 is 0 Å². The van der Waals surface area contributed by atoms with E-state index in [4.69, 9.17) is 5.73 Å². The van der Waals surface area contributed by atoms with Crippen LogP contribution in [0.3, 0.4) is 0 Å². The zero-order chi connectivity index (χ0) is 23.0. The molecule has 0 unspecified atom stereocenters. The Balaban J connectivity index is 1.71. The van der Waals surface area contributed by atoms with Crippen LogP contribution in [0, 0.1) is 18.6 Å². The molecule has 0 spiro atoms. The Kier molecular flexibility index (Phi) is 5.52. The highest BCUT2D eigenvalue weighted by atomic mass is 32.2. The maximum atomic E-state index is 15.0. The predicted octanol–water partition coefficient (Wildman–Crippen LogP) is 4.75. The van der Waals surface area contributed by atoms with Crippen molar-refractivity contribution in [1.82, 2.24) is 9.97 Å². The van der Waals surface area contributed by atoms with Gasteiger partial charge in [0.1, 0.15) is 5.82 Å². The first-order valence-corrected chi connectivity index (χ1v) is 11.7. The van der Waals surface area contributed by atoms with Gasteiger partial charge >= 0.3 is 0 Å². The summed E-state index contributed by atoms with van der Waals surface area (Å²) in [6, 6.07) is 12.5. The van der Waals surface area contributed by atoms with E-state index in [0.29, 0.717) is 33.3 Å². The summed E-state index contributed by atoms with van der Waals surface area (Å²) in [7, 11) is -3.12. The molecule has 32 heavy (non-hydrogen) atoms. The van der Waals surface area contributed by atoms with Gasteiger partial charge in [0.25, 0.3) is 0 Å². The first-order valence-electron chi connectivity index (χ1n) is 9.65. The molecule has 0 saturated carbocycles. The van der Waals surface area contributed by atoms with Crippen molar-refractivity contribution < 1.29 is 17.2 Å². The van der Waals surface area contributed by atoms with Gasteiger partial charge in [-0.2, -0.15) is 0 Å². The van der Waals surface area contributed by atoms with Crippen LogP contribution in [-0.2, 0) is 15.6 Å². The van der Waals surface area contributed by atoms with Gasteiger partial charge in [-0.05, 0) is 53.9 Å². The number of benzene rings is 3. The topological polar surface area (TPSA) is 98.0 Å². The van der Waals surface area contributed by atoms with Crippen molar-refractivity contribution in [3.05, 3.63) is 77.5 Å². The number of aromatic nitrogens is 2. The summed E-state index contributed by atoms with van der Waals surface area (Å²) in [4.78, 5) is 8.63. The van der Waals surface area contributed by atoms with E-state index in [1.54, 1.807) is 37.3 Å². The maximum absolute atomic E-state index is 15.0. The average molecular weight is 455 g/mol. The number of fused-ring (bicyclic) bond motifs is 1. The molecule has 0 aliphatic heterocycles. The lowest BCUT2D eigenvalue weighted by atomic mass is 9.98. The molecule has 3 N–H and O–H groups in total. The van der Waals surface area contributed by atoms with Gasteiger partial charge < -0.3 is 11.1 Å². The Labute approximate surface area is 184 Å². The van der Waals surface area contributed by atoms with Gasteiger partial charge in [0.2, 0.25) is 5.95 Å². The number of rotatable bonds is 5. The van der Waals surface area contributed by atoms with E-state index in [1.807, 2.05) is 0 Å². The summed E-state index contributed by atoms with van der Waals surface area (Å²) in [6.45, 7) is 1.76. The van der Waals surface area contributed by atoms with E-state index < -0.39 is 21.5 Å². The minimum Gasteiger partial charge on any atom is -0.396 e. The van der Waals surface area contributed by atoms with Gasteiger partial charge in [0.05, 0.1) is 17.0 Å². The molecule has 0 bridgehead atoms. The van der Waals surface area contributed by atoms with Crippen LogP contribution in [0.15, 0.2) is 54.7 Å². The van der Waals surface area contributed by atoms with Gasteiger partial charge in [-0.15, -0.1) is 0 Å². The fourth-order valence-corrected chi connectivity index (χ4v) is 4.23. The molecular formula is C23H20F2N4O2S. The van der Waals surface area contributed by atoms with Crippen LogP contribution in [0.25, 0.3) is 22.0 Å². The summed E-state index contributed by atoms with van der Waals surface area (Å²) in [5, 5.41) is 3.38. The number of hydrogen-bond donors (Lipinski definition) is 2. The first kappa shape index (κ1) is 21.6. The number of halogens is 2. The van der Waals surface area contributed by atoms with Crippen LogP contribution in [0.5, 0.6) is 0 Å². The predicted molar refractivity (Wildman–Crippen MR) is 122 cm³/mol. The third-order valence-electron chi connectivity index (χ3n) is 4.99. The molecule has 0 aliphatic rings. The van der Waals surface area contributed by atoms with Gasteiger partial charge in [-0.25, -0.2) is 27.2 Å². The van der Waals surface area contributed by atoms with Crippen LogP contribution < -0.4 is 11.1 Å². The normalized spacial score (nSPS) is 11.6. The Morgan fingerprint density at radius 1 is 1.03 bits per heavy atom. The molecule has 0 saturated heterocycles. The number of hydrogen-bond acceptors (Lipinski definition) is 6. The number of nitrogen functional groups attached to an aromatic ring is 1. The van der Waals surface area contributed by atoms with E-state index in [0.717, 1.165) is 0 Å². The van der Waals surface area contributed by atoms with E-state index in [-0.39, 0.29) is 23.0 Å². The number of nitrogens with zero attached hydrogens (tertiary/aromatic N) is 2. The molecule has 3 aromatic carbocycles. The van der Waals surface area contributed by atoms with Gasteiger partial charge in [-0.1, -0.05) is 18.2 Å². The van der Waals surface area contributed by atoms with Crippen molar-refractivity contribution in [1.29, 1.82) is 0 Å². The molecule has 4 aromatic rings. The summed E-state index contributed by atoms with van der Waals surface area (Å²) in [5.41, 5.74) is 8.84. The van der Waals surface area contributed by atoms with Crippen molar-refractivity contribution >= 4 is 38.1 Å². The van der Waals surface area contributed by atoms with Crippen LogP contribution in [0.2, 0.25) is 0 Å².